The van der Waals surface area contributed by atoms with Crippen molar-refractivity contribution in [2.24, 2.45) is 0 Å². The molecule has 5 heteroatoms. The second kappa shape index (κ2) is 5.81. The summed E-state index contributed by atoms with van der Waals surface area (Å²) < 4.78 is 7.88. The van der Waals surface area contributed by atoms with E-state index >= 15 is 0 Å². The molecule has 2 aromatic rings. The summed E-state index contributed by atoms with van der Waals surface area (Å²) in [6.45, 7) is 2.60. The molecule has 1 unspecified atom stereocenters. The molecule has 0 radical (unpaired) electrons. The molecule has 1 aliphatic rings. The van der Waals surface area contributed by atoms with Crippen molar-refractivity contribution in [3.63, 3.8) is 0 Å². The van der Waals surface area contributed by atoms with Crippen molar-refractivity contribution in [3.05, 3.63) is 30.1 Å². The summed E-state index contributed by atoms with van der Waals surface area (Å²) >= 11 is 0. The Morgan fingerprint density at radius 3 is 3.15 bits per heavy atom. The van der Waals surface area contributed by atoms with Gasteiger partial charge in [-0.2, -0.15) is 0 Å². The SMILES string of the molecule is CNCc1c(N(C)CC2CCCO2)nc2ccccn12. The van der Waals surface area contributed by atoms with Gasteiger partial charge in [-0.25, -0.2) is 4.98 Å². The molecule has 0 aromatic carbocycles. The van der Waals surface area contributed by atoms with Gasteiger partial charge in [-0.05, 0) is 32.0 Å². The predicted octanol–water partition coefficient (Wildman–Crippen LogP) is 1.67. The molecule has 1 atom stereocenters. The Labute approximate surface area is 119 Å². The van der Waals surface area contributed by atoms with E-state index in [0.717, 1.165) is 37.6 Å². The summed E-state index contributed by atoms with van der Waals surface area (Å²) in [6.07, 6.45) is 4.73. The van der Waals surface area contributed by atoms with Crippen LogP contribution in [0, 0.1) is 0 Å². The highest BCUT2D eigenvalue weighted by Crippen LogP contribution is 2.23. The lowest BCUT2D eigenvalue weighted by atomic mass is 10.2. The first-order valence-corrected chi connectivity index (χ1v) is 7.23. The molecular formula is C15H22N4O. The zero-order chi connectivity index (χ0) is 13.9. The molecule has 0 saturated carbocycles. The van der Waals surface area contributed by atoms with Crippen molar-refractivity contribution >= 4 is 11.5 Å². The number of anilines is 1. The third kappa shape index (κ3) is 2.51. The van der Waals surface area contributed by atoms with Crippen LogP contribution in [-0.2, 0) is 11.3 Å². The first-order valence-electron chi connectivity index (χ1n) is 7.23. The number of imidazole rings is 1. The van der Waals surface area contributed by atoms with Crippen molar-refractivity contribution in [3.8, 4) is 0 Å². The largest absolute Gasteiger partial charge is 0.376 e. The number of likely N-dealkylation sites (N-methyl/N-ethyl adjacent to an activating group) is 1. The Kier molecular flexibility index (Phi) is 3.89. The lowest BCUT2D eigenvalue weighted by molar-refractivity contribution is 0.116. The molecule has 0 amide bonds. The fourth-order valence-corrected chi connectivity index (χ4v) is 2.85. The van der Waals surface area contributed by atoms with Gasteiger partial charge in [-0.15, -0.1) is 0 Å². The van der Waals surface area contributed by atoms with Crippen LogP contribution in [0.3, 0.4) is 0 Å². The highest BCUT2D eigenvalue weighted by atomic mass is 16.5. The minimum atomic E-state index is 0.340. The average molecular weight is 274 g/mol. The normalized spacial score (nSPS) is 18.8. The number of ether oxygens (including phenoxy) is 1. The molecule has 0 aliphatic carbocycles. The molecule has 0 spiro atoms. The summed E-state index contributed by atoms with van der Waals surface area (Å²) in [5.41, 5.74) is 2.19. The molecular weight excluding hydrogens is 252 g/mol. The van der Waals surface area contributed by atoms with Gasteiger partial charge in [0.2, 0.25) is 0 Å². The molecule has 3 heterocycles. The van der Waals surface area contributed by atoms with Crippen LogP contribution < -0.4 is 10.2 Å². The van der Waals surface area contributed by atoms with Gasteiger partial charge in [-0.1, -0.05) is 6.07 Å². The number of fused-ring (bicyclic) bond motifs is 1. The fraction of sp³-hybridized carbons (Fsp3) is 0.533. The summed E-state index contributed by atoms with van der Waals surface area (Å²) in [7, 11) is 4.06. The lowest BCUT2D eigenvalue weighted by Crippen LogP contribution is -2.30. The highest BCUT2D eigenvalue weighted by molar-refractivity contribution is 5.55. The van der Waals surface area contributed by atoms with Gasteiger partial charge in [0.1, 0.15) is 5.65 Å². The van der Waals surface area contributed by atoms with Crippen molar-refractivity contribution in [1.29, 1.82) is 0 Å². The summed E-state index contributed by atoms with van der Waals surface area (Å²) in [5.74, 6) is 1.04. The van der Waals surface area contributed by atoms with Gasteiger partial charge < -0.3 is 19.4 Å². The lowest BCUT2D eigenvalue weighted by Gasteiger charge is -2.21. The Balaban J connectivity index is 1.90. The quantitative estimate of drug-likeness (QED) is 0.900. The van der Waals surface area contributed by atoms with Crippen molar-refractivity contribution in [2.75, 3.05) is 32.1 Å². The summed E-state index contributed by atoms with van der Waals surface area (Å²) in [4.78, 5) is 6.98. The highest BCUT2D eigenvalue weighted by Gasteiger charge is 2.21. The van der Waals surface area contributed by atoms with E-state index < -0.39 is 0 Å². The Bertz CT molecular complexity index is 574. The number of rotatable bonds is 5. The Morgan fingerprint density at radius 2 is 2.40 bits per heavy atom. The van der Waals surface area contributed by atoms with Crippen LogP contribution in [0.1, 0.15) is 18.5 Å². The van der Waals surface area contributed by atoms with E-state index in [1.54, 1.807) is 0 Å². The number of hydrogen-bond donors (Lipinski definition) is 1. The molecule has 1 saturated heterocycles. The third-order valence-corrected chi connectivity index (χ3v) is 3.82. The minimum Gasteiger partial charge on any atom is -0.376 e. The molecule has 20 heavy (non-hydrogen) atoms. The van der Waals surface area contributed by atoms with E-state index in [1.807, 2.05) is 25.2 Å². The fourth-order valence-electron chi connectivity index (χ4n) is 2.85. The van der Waals surface area contributed by atoms with E-state index in [0.29, 0.717) is 6.10 Å². The molecule has 1 aliphatic heterocycles. The van der Waals surface area contributed by atoms with Gasteiger partial charge in [0, 0.05) is 32.9 Å². The van der Waals surface area contributed by atoms with E-state index in [4.69, 9.17) is 9.72 Å². The predicted molar refractivity (Wildman–Crippen MR) is 80.2 cm³/mol. The van der Waals surface area contributed by atoms with Gasteiger partial charge in [0.05, 0.1) is 11.8 Å². The Morgan fingerprint density at radius 1 is 1.50 bits per heavy atom. The van der Waals surface area contributed by atoms with E-state index in [1.165, 1.54) is 12.1 Å². The molecule has 1 N–H and O–H groups in total. The first kappa shape index (κ1) is 13.4. The van der Waals surface area contributed by atoms with E-state index in [2.05, 4.69) is 27.9 Å². The molecule has 0 bridgehead atoms. The van der Waals surface area contributed by atoms with Crippen LogP contribution in [-0.4, -0.2) is 42.7 Å². The monoisotopic (exact) mass is 274 g/mol. The number of pyridine rings is 1. The van der Waals surface area contributed by atoms with Crippen molar-refractivity contribution in [1.82, 2.24) is 14.7 Å². The standard InChI is InChI=1S/C15H22N4O/c1-16-10-13-15(17-14-7-3-4-8-19(13)14)18(2)11-12-6-5-9-20-12/h3-4,7-8,12,16H,5-6,9-11H2,1-2H3. The molecule has 1 fully saturated rings. The summed E-state index contributed by atoms with van der Waals surface area (Å²) in [6, 6.07) is 6.11. The number of nitrogens with one attached hydrogen (secondary N) is 1. The molecule has 2 aromatic heterocycles. The van der Waals surface area contributed by atoms with Crippen LogP contribution in [0.25, 0.3) is 5.65 Å². The first-order chi connectivity index (χ1) is 9.79. The molecule has 108 valence electrons. The van der Waals surface area contributed by atoms with Crippen LogP contribution in [0.4, 0.5) is 5.82 Å². The van der Waals surface area contributed by atoms with Gasteiger partial charge in [0.15, 0.2) is 5.82 Å². The van der Waals surface area contributed by atoms with Gasteiger partial charge >= 0.3 is 0 Å². The molecule has 5 nitrogen and oxygen atoms in total. The summed E-state index contributed by atoms with van der Waals surface area (Å²) in [5, 5.41) is 3.23. The number of nitrogens with zero attached hydrogens (tertiary/aromatic N) is 3. The van der Waals surface area contributed by atoms with Crippen LogP contribution in [0.15, 0.2) is 24.4 Å². The van der Waals surface area contributed by atoms with Crippen molar-refractivity contribution in [2.45, 2.75) is 25.5 Å². The average Bonchev–Trinajstić information content (AvgIpc) is 3.07. The van der Waals surface area contributed by atoms with Gasteiger partial charge in [0.25, 0.3) is 0 Å². The second-order valence-corrected chi connectivity index (χ2v) is 5.36. The zero-order valence-electron chi connectivity index (χ0n) is 12.2. The van der Waals surface area contributed by atoms with E-state index in [-0.39, 0.29) is 0 Å². The van der Waals surface area contributed by atoms with E-state index in [9.17, 15) is 0 Å². The topological polar surface area (TPSA) is 41.8 Å². The minimum absolute atomic E-state index is 0.340. The maximum Gasteiger partial charge on any atom is 0.152 e. The maximum absolute atomic E-state index is 5.73. The Hall–Kier alpha value is -1.59. The van der Waals surface area contributed by atoms with Gasteiger partial charge in [-0.3, -0.25) is 0 Å². The van der Waals surface area contributed by atoms with Crippen LogP contribution in [0.2, 0.25) is 0 Å². The smallest absolute Gasteiger partial charge is 0.152 e. The zero-order valence-corrected chi connectivity index (χ0v) is 12.2. The maximum atomic E-state index is 5.73. The number of hydrogen-bond acceptors (Lipinski definition) is 4. The number of aromatic nitrogens is 2. The van der Waals surface area contributed by atoms with Crippen LogP contribution >= 0.6 is 0 Å². The third-order valence-electron chi connectivity index (χ3n) is 3.82. The van der Waals surface area contributed by atoms with Crippen LogP contribution in [0.5, 0.6) is 0 Å². The van der Waals surface area contributed by atoms with Crippen molar-refractivity contribution < 1.29 is 4.74 Å². The molecule has 3 rings (SSSR count). The second-order valence-electron chi connectivity index (χ2n) is 5.36.